The third-order valence-electron chi connectivity index (χ3n) is 4.45. The Kier molecular flexibility index (Phi) is 5.03. The summed E-state index contributed by atoms with van der Waals surface area (Å²) >= 11 is 0. The molecule has 3 N–H and O–H groups in total. The summed E-state index contributed by atoms with van der Waals surface area (Å²) in [5.41, 5.74) is 8.48. The molecule has 0 radical (unpaired) electrons. The van der Waals surface area contributed by atoms with E-state index < -0.39 is 6.10 Å². The van der Waals surface area contributed by atoms with Gasteiger partial charge in [0.15, 0.2) is 17.7 Å². The third-order valence-corrected chi connectivity index (χ3v) is 4.45. The van der Waals surface area contributed by atoms with Crippen LogP contribution in [-0.4, -0.2) is 29.4 Å². The number of nitrogens with zero attached hydrogens (tertiary/aromatic N) is 2. The number of nitrogens with two attached hydrogens (primary N) is 1. The fourth-order valence-electron chi connectivity index (χ4n) is 2.96. The van der Waals surface area contributed by atoms with Crippen LogP contribution in [0.15, 0.2) is 30.3 Å². The molecular formula is C20H24N4O3. The van der Waals surface area contributed by atoms with Gasteiger partial charge >= 0.3 is 0 Å². The van der Waals surface area contributed by atoms with Gasteiger partial charge in [-0.25, -0.2) is 4.98 Å². The number of anilines is 3. The van der Waals surface area contributed by atoms with Crippen molar-refractivity contribution in [3.8, 4) is 5.75 Å². The Balaban J connectivity index is 1.87. The molecule has 0 fully saturated rings. The maximum atomic E-state index is 12.9. The molecule has 2 aromatic rings. The van der Waals surface area contributed by atoms with Crippen LogP contribution < -0.4 is 20.7 Å². The van der Waals surface area contributed by atoms with Crippen molar-refractivity contribution in [3.05, 3.63) is 41.5 Å². The van der Waals surface area contributed by atoms with E-state index in [2.05, 4.69) is 10.3 Å². The van der Waals surface area contributed by atoms with E-state index in [1.807, 2.05) is 45.9 Å². The van der Waals surface area contributed by atoms with E-state index in [0.717, 1.165) is 16.8 Å². The number of ether oxygens (including phenoxy) is 1. The smallest absolute Gasteiger partial charge is 0.270 e. The van der Waals surface area contributed by atoms with Gasteiger partial charge in [-0.2, -0.15) is 0 Å². The number of nitrogens with one attached hydrogen (secondary N) is 1. The van der Waals surface area contributed by atoms with Gasteiger partial charge in [-0.15, -0.1) is 0 Å². The minimum atomic E-state index is -0.670. The number of aromatic nitrogens is 1. The van der Waals surface area contributed by atoms with Gasteiger partial charge in [-0.1, -0.05) is 26.0 Å². The Bertz CT molecular complexity index is 895. The molecule has 1 aliphatic rings. The number of benzene rings is 1. The number of carbonyl (C=O) groups is 2. The predicted octanol–water partition coefficient (Wildman–Crippen LogP) is 2.67. The van der Waals surface area contributed by atoms with Crippen LogP contribution in [-0.2, 0) is 9.59 Å². The average molecular weight is 368 g/mol. The van der Waals surface area contributed by atoms with Crippen LogP contribution in [0, 0.1) is 19.8 Å². The Morgan fingerprint density at radius 2 is 2.04 bits per heavy atom. The van der Waals surface area contributed by atoms with Crippen LogP contribution in [0.5, 0.6) is 5.75 Å². The van der Waals surface area contributed by atoms with Gasteiger partial charge in [0, 0.05) is 5.69 Å². The van der Waals surface area contributed by atoms with Crippen molar-refractivity contribution in [2.45, 2.75) is 33.8 Å². The first-order valence-corrected chi connectivity index (χ1v) is 8.88. The maximum absolute atomic E-state index is 12.9. The van der Waals surface area contributed by atoms with Crippen LogP contribution in [0.25, 0.3) is 0 Å². The van der Waals surface area contributed by atoms with E-state index in [9.17, 15) is 9.59 Å². The number of hydrogen-bond donors (Lipinski definition) is 2. The second kappa shape index (κ2) is 7.26. The van der Waals surface area contributed by atoms with Gasteiger partial charge < -0.3 is 15.8 Å². The summed E-state index contributed by atoms with van der Waals surface area (Å²) in [4.78, 5) is 31.1. The van der Waals surface area contributed by atoms with Crippen molar-refractivity contribution in [1.82, 2.24) is 4.98 Å². The van der Waals surface area contributed by atoms with Crippen molar-refractivity contribution in [3.63, 3.8) is 0 Å². The van der Waals surface area contributed by atoms with Gasteiger partial charge in [0.1, 0.15) is 12.4 Å². The molecule has 7 heteroatoms. The van der Waals surface area contributed by atoms with E-state index in [0.29, 0.717) is 5.75 Å². The number of fused-ring (bicyclic) bond motifs is 1. The maximum Gasteiger partial charge on any atom is 0.270 e. The largest absolute Gasteiger partial charge is 0.476 e. The van der Waals surface area contributed by atoms with Crippen LogP contribution in [0.2, 0.25) is 0 Å². The van der Waals surface area contributed by atoms with Crippen LogP contribution in [0.3, 0.4) is 0 Å². The van der Waals surface area contributed by atoms with Crippen molar-refractivity contribution in [2.75, 3.05) is 22.5 Å². The predicted molar refractivity (Wildman–Crippen MR) is 105 cm³/mol. The van der Waals surface area contributed by atoms with Crippen LogP contribution in [0.1, 0.15) is 25.0 Å². The molecule has 1 aromatic heterocycles. The summed E-state index contributed by atoms with van der Waals surface area (Å²) in [7, 11) is 0. The standard InChI is InChI=1S/C20H24N4O3/c1-11(2)18-20(26)24(19-15(27-18)7-8-16(21)23-19)10-17(25)22-14-9-12(3)5-6-13(14)4/h5-9,11,18H,10H2,1-4H3,(H2,21,23)(H,22,25). The second-order valence-corrected chi connectivity index (χ2v) is 7.13. The number of rotatable bonds is 4. The lowest BCUT2D eigenvalue weighted by atomic mass is 10.0. The van der Waals surface area contributed by atoms with E-state index in [1.165, 1.54) is 4.90 Å². The Hall–Kier alpha value is -3.09. The minimum Gasteiger partial charge on any atom is -0.476 e. The van der Waals surface area contributed by atoms with Crippen LogP contribution >= 0.6 is 0 Å². The normalized spacial score (nSPS) is 16.1. The van der Waals surface area contributed by atoms with Crippen LogP contribution in [0.4, 0.5) is 17.3 Å². The molecule has 0 saturated carbocycles. The summed E-state index contributed by atoms with van der Waals surface area (Å²) in [6, 6.07) is 9.11. The van der Waals surface area contributed by atoms with E-state index in [-0.39, 0.29) is 35.9 Å². The molecule has 2 heterocycles. The van der Waals surface area contributed by atoms with Crippen molar-refractivity contribution >= 4 is 29.1 Å². The van der Waals surface area contributed by atoms with Crippen molar-refractivity contribution in [2.24, 2.45) is 5.92 Å². The first-order valence-electron chi connectivity index (χ1n) is 8.88. The number of hydrogen-bond acceptors (Lipinski definition) is 5. The lowest BCUT2D eigenvalue weighted by Crippen LogP contribution is -2.51. The van der Waals surface area contributed by atoms with Gasteiger partial charge in [0.05, 0.1) is 0 Å². The summed E-state index contributed by atoms with van der Waals surface area (Å²) in [6.45, 7) is 7.50. The zero-order valence-electron chi connectivity index (χ0n) is 15.9. The van der Waals surface area contributed by atoms with E-state index in [4.69, 9.17) is 10.5 Å². The molecule has 1 aromatic carbocycles. The molecule has 27 heavy (non-hydrogen) atoms. The number of carbonyl (C=O) groups excluding carboxylic acids is 2. The monoisotopic (exact) mass is 368 g/mol. The molecule has 2 amide bonds. The summed E-state index contributed by atoms with van der Waals surface area (Å²) < 4.78 is 5.78. The number of amides is 2. The number of aryl methyl sites for hydroxylation is 2. The zero-order valence-corrected chi connectivity index (χ0v) is 15.9. The Morgan fingerprint density at radius 1 is 1.30 bits per heavy atom. The molecule has 0 saturated heterocycles. The molecule has 142 valence electrons. The van der Waals surface area contributed by atoms with Gasteiger partial charge in [0.25, 0.3) is 5.91 Å². The summed E-state index contributed by atoms with van der Waals surface area (Å²) in [5.74, 6) is 0.319. The summed E-state index contributed by atoms with van der Waals surface area (Å²) in [6.07, 6.45) is -0.670. The van der Waals surface area contributed by atoms with E-state index >= 15 is 0 Å². The molecule has 3 rings (SSSR count). The Morgan fingerprint density at radius 3 is 2.74 bits per heavy atom. The molecule has 1 atom stereocenters. The molecule has 0 bridgehead atoms. The quantitative estimate of drug-likeness (QED) is 0.865. The highest BCUT2D eigenvalue weighted by Crippen LogP contribution is 2.34. The van der Waals surface area contributed by atoms with Gasteiger partial charge in [-0.3, -0.25) is 14.5 Å². The highest BCUT2D eigenvalue weighted by atomic mass is 16.5. The average Bonchev–Trinajstić information content (AvgIpc) is 2.60. The molecule has 1 aliphatic heterocycles. The third kappa shape index (κ3) is 3.86. The Labute approximate surface area is 158 Å². The first-order chi connectivity index (χ1) is 12.8. The fraction of sp³-hybridized carbons (Fsp3) is 0.350. The minimum absolute atomic E-state index is 0.0484. The van der Waals surface area contributed by atoms with Gasteiger partial charge in [0.2, 0.25) is 5.91 Å². The molecule has 0 aliphatic carbocycles. The molecule has 7 nitrogen and oxygen atoms in total. The van der Waals surface area contributed by atoms with Gasteiger partial charge in [-0.05, 0) is 49.1 Å². The lowest BCUT2D eigenvalue weighted by molar-refractivity contribution is -0.129. The number of pyridine rings is 1. The molecular weight excluding hydrogens is 344 g/mol. The summed E-state index contributed by atoms with van der Waals surface area (Å²) in [5, 5.41) is 2.88. The molecule has 1 unspecified atom stereocenters. The number of nitrogen functional groups attached to an aromatic ring is 1. The molecule has 0 spiro atoms. The lowest BCUT2D eigenvalue weighted by Gasteiger charge is -2.34. The van der Waals surface area contributed by atoms with E-state index in [1.54, 1.807) is 12.1 Å². The fourth-order valence-corrected chi connectivity index (χ4v) is 2.96. The second-order valence-electron chi connectivity index (χ2n) is 7.13. The highest BCUT2D eigenvalue weighted by molar-refractivity contribution is 6.05. The topological polar surface area (TPSA) is 97.5 Å². The SMILES string of the molecule is Cc1ccc(C)c(NC(=O)CN2C(=O)C(C(C)C)Oc3ccc(N)nc32)c1. The first kappa shape index (κ1) is 18.7. The highest BCUT2D eigenvalue weighted by Gasteiger charge is 2.38. The zero-order chi connectivity index (χ0) is 19.7. The van der Waals surface area contributed by atoms with Crippen molar-refractivity contribution in [1.29, 1.82) is 0 Å². The van der Waals surface area contributed by atoms with Crippen molar-refractivity contribution < 1.29 is 14.3 Å².